The van der Waals surface area contributed by atoms with E-state index in [2.05, 4.69) is 4.74 Å². The number of carbonyl (C=O) groups excluding carboxylic acids is 1. The highest BCUT2D eigenvalue weighted by Crippen LogP contribution is 2.41. The fourth-order valence-electron chi connectivity index (χ4n) is 3.03. The molecular weight excluding hydrogens is 309 g/mol. The molecule has 2 aromatic rings. The van der Waals surface area contributed by atoms with E-state index in [0.717, 1.165) is 11.4 Å². The lowest BCUT2D eigenvalue weighted by atomic mass is 10.1. The number of nitrogens with zero attached hydrogens (tertiary/aromatic N) is 2. The van der Waals surface area contributed by atoms with Crippen LogP contribution in [0.15, 0.2) is 30.3 Å². The zero-order chi connectivity index (χ0) is 16.9. The second kappa shape index (κ2) is 5.04. The van der Waals surface area contributed by atoms with E-state index in [4.69, 9.17) is 0 Å². The zero-order valence-corrected chi connectivity index (χ0v) is 12.8. The van der Waals surface area contributed by atoms with Gasteiger partial charge in [0, 0.05) is 29.7 Å². The predicted molar refractivity (Wildman–Crippen MR) is 78.6 cm³/mol. The Bertz CT molecular complexity index is 761. The topological polar surface area (TPSA) is 34.5 Å². The van der Waals surface area contributed by atoms with E-state index in [1.807, 2.05) is 30.5 Å². The average molecular weight is 324 g/mol. The molecule has 1 atom stereocenters. The Balaban J connectivity index is 2.12. The number of benzene rings is 1. The fraction of sp³-hybridized carbons (Fsp3) is 0.312. The first-order valence-electron chi connectivity index (χ1n) is 7.01. The van der Waals surface area contributed by atoms with Gasteiger partial charge in [-0.05, 0) is 44.2 Å². The summed E-state index contributed by atoms with van der Waals surface area (Å²) >= 11 is 0. The van der Waals surface area contributed by atoms with Crippen molar-refractivity contribution in [2.24, 2.45) is 0 Å². The maximum atomic E-state index is 12.6. The van der Waals surface area contributed by atoms with Crippen LogP contribution in [0.5, 0.6) is 5.75 Å². The number of hydrogen-bond acceptors (Lipinski definition) is 2. The SMILES string of the molecule is Cc1ccc(C)n1C1C(=O)N(C)c2ccc(OC(F)(F)F)cc21. The van der Waals surface area contributed by atoms with E-state index < -0.39 is 12.4 Å². The smallest absolute Gasteiger partial charge is 0.406 e. The van der Waals surface area contributed by atoms with Gasteiger partial charge in [0.15, 0.2) is 0 Å². The molecule has 1 aromatic heterocycles. The quantitative estimate of drug-likeness (QED) is 0.846. The van der Waals surface area contributed by atoms with Crippen LogP contribution < -0.4 is 9.64 Å². The standard InChI is InChI=1S/C16H15F3N2O2/c1-9-4-5-10(2)21(9)14-12-8-11(23-16(17,18)19)6-7-13(12)20(3)15(14)22/h4-8,14H,1-3H3. The molecule has 0 fully saturated rings. The third kappa shape index (κ3) is 2.56. The van der Waals surface area contributed by atoms with Crippen molar-refractivity contribution in [1.29, 1.82) is 0 Å². The van der Waals surface area contributed by atoms with Crippen molar-refractivity contribution in [3.63, 3.8) is 0 Å². The van der Waals surface area contributed by atoms with Crippen LogP contribution in [0.1, 0.15) is 23.0 Å². The molecule has 2 heterocycles. The predicted octanol–water partition coefficient (Wildman–Crippen LogP) is 3.57. The second-order valence-corrected chi connectivity index (χ2v) is 5.55. The molecule has 23 heavy (non-hydrogen) atoms. The molecule has 4 nitrogen and oxygen atoms in total. The number of halogens is 3. The number of alkyl halides is 3. The molecule has 1 unspecified atom stereocenters. The molecule has 1 amide bonds. The van der Waals surface area contributed by atoms with E-state index in [9.17, 15) is 18.0 Å². The van der Waals surface area contributed by atoms with Crippen LogP contribution in [-0.4, -0.2) is 23.9 Å². The molecule has 1 aromatic carbocycles. The van der Waals surface area contributed by atoms with Crippen molar-refractivity contribution in [3.8, 4) is 5.75 Å². The van der Waals surface area contributed by atoms with Gasteiger partial charge in [0.05, 0.1) is 0 Å². The van der Waals surface area contributed by atoms with Crippen LogP contribution in [0, 0.1) is 13.8 Å². The molecule has 0 spiro atoms. The number of aryl methyl sites for hydroxylation is 2. The van der Waals surface area contributed by atoms with Crippen LogP contribution in [0.4, 0.5) is 18.9 Å². The maximum Gasteiger partial charge on any atom is 0.573 e. The molecule has 0 N–H and O–H groups in total. The van der Waals surface area contributed by atoms with Crippen molar-refractivity contribution in [3.05, 3.63) is 47.3 Å². The number of amides is 1. The molecule has 1 aliphatic heterocycles. The minimum Gasteiger partial charge on any atom is -0.406 e. The lowest BCUT2D eigenvalue weighted by Crippen LogP contribution is -2.28. The van der Waals surface area contributed by atoms with Gasteiger partial charge in [-0.2, -0.15) is 0 Å². The molecule has 1 aliphatic rings. The van der Waals surface area contributed by atoms with E-state index in [1.165, 1.54) is 23.1 Å². The summed E-state index contributed by atoms with van der Waals surface area (Å²) in [5.41, 5.74) is 2.82. The van der Waals surface area contributed by atoms with Crippen molar-refractivity contribution < 1.29 is 22.7 Å². The monoisotopic (exact) mass is 324 g/mol. The molecule has 0 aliphatic carbocycles. The van der Waals surface area contributed by atoms with Crippen LogP contribution in [0.2, 0.25) is 0 Å². The molecule has 0 saturated heterocycles. The number of anilines is 1. The molecule has 3 rings (SSSR count). The number of fused-ring (bicyclic) bond motifs is 1. The van der Waals surface area contributed by atoms with Crippen molar-refractivity contribution in [2.75, 3.05) is 11.9 Å². The molecular formula is C16H15F3N2O2. The average Bonchev–Trinajstić information content (AvgIpc) is 2.88. The molecule has 0 saturated carbocycles. The van der Waals surface area contributed by atoms with E-state index >= 15 is 0 Å². The van der Waals surface area contributed by atoms with Crippen molar-refractivity contribution >= 4 is 11.6 Å². The van der Waals surface area contributed by atoms with Gasteiger partial charge in [0.25, 0.3) is 5.91 Å². The Hall–Kier alpha value is -2.44. The van der Waals surface area contributed by atoms with Gasteiger partial charge in [0.1, 0.15) is 11.8 Å². The summed E-state index contributed by atoms with van der Waals surface area (Å²) in [4.78, 5) is 14.1. The first-order valence-corrected chi connectivity index (χ1v) is 7.01. The summed E-state index contributed by atoms with van der Waals surface area (Å²) in [6, 6.07) is 7.04. The number of hydrogen-bond donors (Lipinski definition) is 0. The molecule has 0 radical (unpaired) electrons. The molecule has 0 bridgehead atoms. The zero-order valence-electron chi connectivity index (χ0n) is 12.8. The summed E-state index contributed by atoms with van der Waals surface area (Å²) in [7, 11) is 1.61. The largest absolute Gasteiger partial charge is 0.573 e. The highest BCUT2D eigenvalue weighted by molar-refractivity contribution is 6.04. The van der Waals surface area contributed by atoms with Gasteiger partial charge >= 0.3 is 6.36 Å². The first kappa shape index (κ1) is 15.5. The van der Waals surface area contributed by atoms with Crippen LogP contribution in [0.3, 0.4) is 0 Å². The lowest BCUT2D eigenvalue weighted by Gasteiger charge is -2.17. The van der Waals surface area contributed by atoms with Crippen LogP contribution in [0.25, 0.3) is 0 Å². The van der Waals surface area contributed by atoms with Gasteiger partial charge < -0.3 is 14.2 Å². The van der Waals surface area contributed by atoms with Crippen LogP contribution in [-0.2, 0) is 4.79 Å². The highest BCUT2D eigenvalue weighted by atomic mass is 19.4. The normalized spacial score (nSPS) is 17.6. The Morgan fingerprint density at radius 1 is 1.09 bits per heavy atom. The van der Waals surface area contributed by atoms with E-state index in [1.54, 1.807) is 7.05 Å². The van der Waals surface area contributed by atoms with Crippen molar-refractivity contribution in [1.82, 2.24) is 4.57 Å². The summed E-state index contributed by atoms with van der Waals surface area (Å²) in [6.07, 6.45) is -4.77. The Labute approximate surface area is 131 Å². The van der Waals surface area contributed by atoms with E-state index in [0.29, 0.717) is 11.3 Å². The highest BCUT2D eigenvalue weighted by Gasteiger charge is 2.39. The summed E-state index contributed by atoms with van der Waals surface area (Å²) < 4.78 is 43.1. The minimum atomic E-state index is -4.77. The van der Waals surface area contributed by atoms with Gasteiger partial charge in [0.2, 0.25) is 0 Å². The maximum absolute atomic E-state index is 12.6. The second-order valence-electron chi connectivity index (χ2n) is 5.55. The van der Waals surface area contributed by atoms with Crippen molar-refractivity contribution in [2.45, 2.75) is 26.3 Å². The number of likely N-dealkylation sites (N-methyl/N-ethyl adjacent to an activating group) is 1. The van der Waals surface area contributed by atoms with Gasteiger partial charge in [-0.15, -0.1) is 13.2 Å². The number of ether oxygens (including phenoxy) is 1. The number of aromatic nitrogens is 1. The summed E-state index contributed by atoms with van der Waals surface area (Å²) in [6.45, 7) is 3.71. The number of rotatable bonds is 2. The third-order valence-corrected chi connectivity index (χ3v) is 4.04. The summed E-state index contributed by atoms with van der Waals surface area (Å²) in [5.74, 6) is -0.515. The molecule has 122 valence electrons. The lowest BCUT2D eigenvalue weighted by molar-refractivity contribution is -0.274. The fourth-order valence-corrected chi connectivity index (χ4v) is 3.03. The molecule has 7 heteroatoms. The Morgan fingerprint density at radius 3 is 2.26 bits per heavy atom. The summed E-state index contributed by atoms with van der Waals surface area (Å²) in [5, 5.41) is 0. The Morgan fingerprint density at radius 2 is 1.70 bits per heavy atom. The van der Waals surface area contributed by atoms with Crippen LogP contribution >= 0.6 is 0 Å². The third-order valence-electron chi connectivity index (χ3n) is 4.04. The van der Waals surface area contributed by atoms with Gasteiger partial charge in [-0.3, -0.25) is 4.79 Å². The Kier molecular flexibility index (Phi) is 3.39. The minimum absolute atomic E-state index is 0.188. The van der Waals surface area contributed by atoms with Gasteiger partial charge in [-0.1, -0.05) is 0 Å². The van der Waals surface area contributed by atoms with Gasteiger partial charge in [-0.25, -0.2) is 0 Å². The first-order chi connectivity index (χ1) is 10.7. The number of carbonyl (C=O) groups is 1. The van der Waals surface area contributed by atoms with E-state index in [-0.39, 0.29) is 11.7 Å².